The molecule has 10 heteroatoms. The molecule has 2 heterocycles. The standard InChI is InChI=1S/C14H14ClF3N4O2/c1-7(2-3-23)9-4-8(5-19-12(9)16)20-13(24)11-10(15)6-22(21-11)14(17)18/h4-7,14,23H,2-3H2,1H3,(H,20,24)/t7-/m1/s1. The Kier molecular flexibility index (Phi) is 5.79. The van der Waals surface area contributed by atoms with Crippen LogP contribution in [-0.2, 0) is 0 Å². The number of hydrogen-bond donors (Lipinski definition) is 2. The molecule has 0 saturated carbocycles. The van der Waals surface area contributed by atoms with E-state index in [1.807, 2.05) is 0 Å². The lowest BCUT2D eigenvalue weighted by molar-refractivity contribution is 0.0561. The van der Waals surface area contributed by atoms with E-state index in [4.69, 9.17) is 16.7 Å². The number of carbonyl (C=O) groups is 1. The van der Waals surface area contributed by atoms with Crippen LogP contribution in [0.2, 0.25) is 5.02 Å². The summed E-state index contributed by atoms with van der Waals surface area (Å²) in [5.74, 6) is -1.86. The molecule has 0 bridgehead atoms. The van der Waals surface area contributed by atoms with Crippen molar-refractivity contribution in [1.29, 1.82) is 0 Å². The molecule has 2 rings (SSSR count). The third-order valence-electron chi connectivity index (χ3n) is 3.32. The predicted octanol–water partition coefficient (Wildman–Crippen LogP) is 3.20. The summed E-state index contributed by atoms with van der Waals surface area (Å²) in [6.07, 6.45) is 2.24. The number of nitrogens with zero attached hydrogens (tertiary/aromatic N) is 3. The van der Waals surface area contributed by atoms with Gasteiger partial charge in [0.2, 0.25) is 5.95 Å². The maximum absolute atomic E-state index is 13.7. The van der Waals surface area contributed by atoms with Crippen molar-refractivity contribution < 1.29 is 23.1 Å². The number of hydrogen-bond acceptors (Lipinski definition) is 4. The van der Waals surface area contributed by atoms with Gasteiger partial charge in [-0.05, 0) is 18.4 Å². The molecule has 1 atom stereocenters. The van der Waals surface area contributed by atoms with Crippen molar-refractivity contribution in [3.8, 4) is 0 Å². The van der Waals surface area contributed by atoms with Crippen LogP contribution >= 0.6 is 11.6 Å². The number of rotatable bonds is 6. The molecule has 130 valence electrons. The summed E-state index contributed by atoms with van der Waals surface area (Å²) >= 11 is 5.72. The highest BCUT2D eigenvalue weighted by Crippen LogP contribution is 2.24. The van der Waals surface area contributed by atoms with Crippen molar-refractivity contribution in [3.63, 3.8) is 0 Å². The Bertz CT molecular complexity index is 739. The van der Waals surface area contributed by atoms with E-state index >= 15 is 0 Å². The minimum absolute atomic E-state index is 0.127. The van der Waals surface area contributed by atoms with Crippen molar-refractivity contribution in [2.24, 2.45) is 0 Å². The summed E-state index contributed by atoms with van der Waals surface area (Å²) in [7, 11) is 0. The quantitative estimate of drug-likeness (QED) is 0.773. The second-order valence-corrected chi connectivity index (χ2v) is 5.46. The lowest BCUT2D eigenvalue weighted by atomic mass is 9.99. The molecule has 6 nitrogen and oxygen atoms in total. The van der Waals surface area contributed by atoms with Gasteiger partial charge in [0.25, 0.3) is 5.91 Å². The van der Waals surface area contributed by atoms with Crippen LogP contribution in [0.25, 0.3) is 0 Å². The molecule has 0 radical (unpaired) electrons. The van der Waals surface area contributed by atoms with Gasteiger partial charge in [0, 0.05) is 12.2 Å². The second-order valence-electron chi connectivity index (χ2n) is 5.05. The van der Waals surface area contributed by atoms with Crippen LogP contribution in [0.4, 0.5) is 18.9 Å². The zero-order chi connectivity index (χ0) is 17.9. The van der Waals surface area contributed by atoms with Crippen LogP contribution in [0.3, 0.4) is 0 Å². The molecule has 2 N–H and O–H groups in total. The molecule has 0 aromatic carbocycles. The first-order chi connectivity index (χ1) is 11.3. The molecule has 0 aliphatic heterocycles. The topological polar surface area (TPSA) is 80.0 Å². The van der Waals surface area contributed by atoms with E-state index in [9.17, 15) is 18.0 Å². The predicted molar refractivity (Wildman–Crippen MR) is 80.8 cm³/mol. The van der Waals surface area contributed by atoms with E-state index in [1.54, 1.807) is 6.92 Å². The van der Waals surface area contributed by atoms with E-state index in [-0.39, 0.29) is 39.2 Å². The highest BCUT2D eigenvalue weighted by atomic mass is 35.5. The van der Waals surface area contributed by atoms with Crippen molar-refractivity contribution in [2.45, 2.75) is 25.8 Å². The first-order valence-electron chi connectivity index (χ1n) is 6.94. The summed E-state index contributed by atoms with van der Waals surface area (Å²) in [4.78, 5) is 15.6. The van der Waals surface area contributed by atoms with Crippen molar-refractivity contribution in [3.05, 3.63) is 40.7 Å². The summed E-state index contributed by atoms with van der Waals surface area (Å²) < 4.78 is 39.1. The fraction of sp³-hybridized carbons (Fsp3) is 0.357. The molecule has 0 aliphatic rings. The average molecular weight is 363 g/mol. The van der Waals surface area contributed by atoms with Gasteiger partial charge in [-0.25, -0.2) is 9.67 Å². The minimum atomic E-state index is -2.93. The Hall–Kier alpha value is -2.13. The summed E-state index contributed by atoms with van der Waals surface area (Å²) in [5.41, 5.74) is -0.0128. The minimum Gasteiger partial charge on any atom is -0.396 e. The smallest absolute Gasteiger partial charge is 0.333 e. The third-order valence-corrected chi connectivity index (χ3v) is 3.60. The molecule has 2 aromatic heterocycles. The SMILES string of the molecule is C[C@H](CCO)c1cc(NC(=O)c2nn(C(F)F)cc2Cl)cnc1F. The summed E-state index contributed by atoms with van der Waals surface area (Å²) in [6.45, 7) is -1.36. The molecule has 24 heavy (non-hydrogen) atoms. The van der Waals surface area contributed by atoms with Gasteiger partial charge in [-0.3, -0.25) is 4.79 Å². The Labute approximate surface area is 140 Å². The number of aliphatic hydroxyl groups is 1. The zero-order valence-electron chi connectivity index (χ0n) is 12.5. The highest BCUT2D eigenvalue weighted by molar-refractivity contribution is 6.34. The number of alkyl halides is 2. The van der Waals surface area contributed by atoms with Gasteiger partial charge >= 0.3 is 6.55 Å². The molecule has 0 saturated heterocycles. The van der Waals surface area contributed by atoms with E-state index < -0.39 is 18.4 Å². The number of amides is 1. The number of anilines is 1. The van der Waals surface area contributed by atoms with Crippen LogP contribution in [0, 0.1) is 5.95 Å². The van der Waals surface area contributed by atoms with Crippen LogP contribution in [0.1, 0.15) is 41.9 Å². The number of aromatic nitrogens is 3. The van der Waals surface area contributed by atoms with Gasteiger partial charge in [0.05, 0.1) is 23.1 Å². The first-order valence-corrected chi connectivity index (χ1v) is 7.31. The normalized spacial score (nSPS) is 12.5. The van der Waals surface area contributed by atoms with Crippen LogP contribution < -0.4 is 5.32 Å². The Morgan fingerprint density at radius 1 is 1.50 bits per heavy atom. The molecular weight excluding hydrogens is 349 g/mol. The van der Waals surface area contributed by atoms with Gasteiger partial charge in [-0.15, -0.1) is 0 Å². The molecule has 1 amide bonds. The van der Waals surface area contributed by atoms with Crippen LogP contribution in [0.5, 0.6) is 0 Å². The zero-order valence-corrected chi connectivity index (χ0v) is 13.3. The number of aliphatic hydroxyl groups excluding tert-OH is 1. The number of nitrogens with one attached hydrogen (secondary N) is 1. The number of carbonyl (C=O) groups excluding carboxylic acids is 1. The van der Waals surface area contributed by atoms with Crippen LogP contribution in [-0.4, -0.2) is 32.4 Å². The first kappa shape index (κ1) is 18.2. The molecule has 0 unspecified atom stereocenters. The lowest BCUT2D eigenvalue weighted by Crippen LogP contribution is -2.15. The van der Waals surface area contributed by atoms with E-state index in [2.05, 4.69) is 15.4 Å². The Morgan fingerprint density at radius 3 is 2.79 bits per heavy atom. The molecular formula is C14H14ClF3N4O2. The van der Waals surface area contributed by atoms with E-state index in [0.717, 1.165) is 12.4 Å². The van der Waals surface area contributed by atoms with Gasteiger partial charge in [0.1, 0.15) is 0 Å². The molecule has 0 aliphatic carbocycles. The average Bonchev–Trinajstić information content (AvgIpc) is 2.91. The van der Waals surface area contributed by atoms with Gasteiger partial charge < -0.3 is 10.4 Å². The monoisotopic (exact) mass is 362 g/mol. The fourth-order valence-corrected chi connectivity index (χ4v) is 2.27. The third kappa shape index (κ3) is 4.04. The summed E-state index contributed by atoms with van der Waals surface area (Å²) in [5, 5.41) is 14.5. The highest BCUT2D eigenvalue weighted by Gasteiger charge is 2.20. The number of pyridine rings is 1. The van der Waals surface area contributed by atoms with E-state index in [1.165, 1.54) is 6.07 Å². The Balaban J connectivity index is 2.21. The fourth-order valence-electron chi connectivity index (χ4n) is 2.04. The number of halogens is 4. The van der Waals surface area contributed by atoms with Gasteiger partial charge in [-0.1, -0.05) is 18.5 Å². The molecule has 2 aromatic rings. The second kappa shape index (κ2) is 7.63. The Morgan fingerprint density at radius 2 is 2.21 bits per heavy atom. The van der Waals surface area contributed by atoms with Crippen LogP contribution in [0.15, 0.2) is 18.5 Å². The van der Waals surface area contributed by atoms with Crippen molar-refractivity contribution in [2.75, 3.05) is 11.9 Å². The maximum Gasteiger partial charge on any atom is 0.333 e. The van der Waals surface area contributed by atoms with E-state index in [0.29, 0.717) is 6.42 Å². The lowest BCUT2D eigenvalue weighted by Gasteiger charge is -2.12. The van der Waals surface area contributed by atoms with Crippen molar-refractivity contribution in [1.82, 2.24) is 14.8 Å². The largest absolute Gasteiger partial charge is 0.396 e. The van der Waals surface area contributed by atoms with Gasteiger partial charge in [0.15, 0.2) is 5.69 Å². The van der Waals surface area contributed by atoms with Gasteiger partial charge in [-0.2, -0.15) is 18.3 Å². The van der Waals surface area contributed by atoms with Crippen molar-refractivity contribution >= 4 is 23.2 Å². The summed E-state index contributed by atoms with van der Waals surface area (Å²) in [6, 6.07) is 1.36. The molecule has 0 spiro atoms. The maximum atomic E-state index is 13.7. The molecule has 0 fully saturated rings.